The van der Waals surface area contributed by atoms with Crippen molar-refractivity contribution in [2.24, 2.45) is 0 Å². The van der Waals surface area contributed by atoms with Gasteiger partial charge >= 0.3 is 6.18 Å². The van der Waals surface area contributed by atoms with E-state index in [0.29, 0.717) is 11.1 Å². The number of hydrogen-bond acceptors (Lipinski definition) is 4. The number of nitriles is 1. The molecule has 26 heavy (non-hydrogen) atoms. The Morgan fingerprint density at radius 1 is 1.19 bits per heavy atom. The SMILES string of the molecule is COc1c(Cl)cc(-c2nn[nH]c2C#N)cc1-c1cccc(C(F)(F)F)c1. The summed E-state index contributed by atoms with van der Waals surface area (Å²) in [5.74, 6) is 0.219. The number of benzene rings is 2. The van der Waals surface area contributed by atoms with E-state index in [0.717, 1.165) is 12.1 Å². The predicted octanol–water partition coefficient (Wildman–Crippen LogP) is 4.69. The van der Waals surface area contributed by atoms with E-state index in [1.165, 1.54) is 25.3 Å². The summed E-state index contributed by atoms with van der Waals surface area (Å²) in [5.41, 5.74) is 0.591. The van der Waals surface area contributed by atoms with Gasteiger partial charge in [-0.1, -0.05) is 28.9 Å². The molecular weight excluding hydrogens is 369 g/mol. The molecule has 0 fully saturated rings. The minimum Gasteiger partial charge on any atom is -0.495 e. The van der Waals surface area contributed by atoms with Crippen molar-refractivity contribution in [1.29, 1.82) is 5.26 Å². The van der Waals surface area contributed by atoms with Crippen LogP contribution in [0.2, 0.25) is 5.02 Å². The van der Waals surface area contributed by atoms with Crippen molar-refractivity contribution in [2.75, 3.05) is 7.11 Å². The van der Waals surface area contributed by atoms with Crippen molar-refractivity contribution in [3.63, 3.8) is 0 Å². The van der Waals surface area contributed by atoms with Gasteiger partial charge in [-0.05, 0) is 29.8 Å². The lowest BCUT2D eigenvalue weighted by Crippen LogP contribution is -2.04. The van der Waals surface area contributed by atoms with E-state index < -0.39 is 11.7 Å². The lowest BCUT2D eigenvalue weighted by Gasteiger charge is -2.14. The summed E-state index contributed by atoms with van der Waals surface area (Å²) in [4.78, 5) is 0. The summed E-state index contributed by atoms with van der Waals surface area (Å²) in [6.45, 7) is 0. The van der Waals surface area contributed by atoms with Gasteiger partial charge in [-0.2, -0.15) is 18.4 Å². The van der Waals surface area contributed by atoms with Gasteiger partial charge in [0.05, 0.1) is 17.7 Å². The number of aromatic nitrogens is 3. The molecule has 3 aromatic rings. The highest BCUT2D eigenvalue weighted by atomic mass is 35.5. The standard InChI is InChI=1S/C17H10ClF3N4O/c1-26-16-12(9-3-2-4-11(5-9)17(19,20)21)6-10(7-13(16)18)15-14(8-22)23-25-24-15/h2-7H,1H3,(H,23,24,25). The molecule has 0 spiro atoms. The van der Waals surface area contributed by atoms with Crippen molar-refractivity contribution in [2.45, 2.75) is 6.18 Å². The monoisotopic (exact) mass is 378 g/mol. The van der Waals surface area contributed by atoms with Crippen molar-refractivity contribution >= 4 is 11.6 Å². The van der Waals surface area contributed by atoms with Gasteiger partial charge in [0.1, 0.15) is 17.5 Å². The number of aromatic amines is 1. The molecule has 2 aromatic carbocycles. The fourth-order valence-corrected chi connectivity index (χ4v) is 2.82. The Labute approximate surface area is 151 Å². The Bertz CT molecular complexity index is 1010. The third-order valence-electron chi connectivity index (χ3n) is 3.68. The molecular formula is C17H10ClF3N4O. The van der Waals surface area contributed by atoms with E-state index in [9.17, 15) is 13.2 Å². The molecule has 0 amide bonds. The highest BCUT2D eigenvalue weighted by molar-refractivity contribution is 6.33. The van der Waals surface area contributed by atoms with Crippen LogP contribution < -0.4 is 4.74 Å². The molecule has 0 bridgehead atoms. The van der Waals surface area contributed by atoms with E-state index >= 15 is 0 Å². The molecule has 0 atom stereocenters. The molecule has 5 nitrogen and oxygen atoms in total. The number of alkyl halides is 3. The van der Waals surface area contributed by atoms with Gasteiger partial charge in [0, 0.05) is 11.1 Å². The Morgan fingerprint density at radius 3 is 2.62 bits per heavy atom. The average molecular weight is 379 g/mol. The van der Waals surface area contributed by atoms with Crippen LogP contribution >= 0.6 is 11.6 Å². The maximum Gasteiger partial charge on any atom is 0.416 e. The van der Waals surface area contributed by atoms with Crippen LogP contribution in [-0.4, -0.2) is 22.5 Å². The molecule has 1 heterocycles. The first-order valence-electron chi connectivity index (χ1n) is 7.22. The van der Waals surface area contributed by atoms with Crippen LogP contribution in [0.5, 0.6) is 5.75 Å². The minimum atomic E-state index is -4.48. The van der Waals surface area contributed by atoms with Gasteiger partial charge in [0.2, 0.25) is 0 Å². The quantitative estimate of drug-likeness (QED) is 0.717. The lowest BCUT2D eigenvalue weighted by molar-refractivity contribution is -0.137. The third kappa shape index (κ3) is 3.21. The van der Waals surface area contributed by atoms with Gasteiger partial charge in [-0.25, -0.2) is 5.10 Å². The van der Waals surface area contributed by atoms with Gasteiger partial charge in [-0.15, -0.1) is 5.10 Å². The zero-order valence-electron chi connectivity index (χ0n) is 13.2. The zero-order valence-corrected chi connectivity index (χ0v) is 14.0. The van der Waals surface area contributed by atoms with E-state index in [2.05, 4.69) is 15.4 Å². The summed E-state index contributed by atoms with van der Waals surface area (Å²) in [6.07, 6.45) is -4.48. The van der Waals surface area contributed by atoms with Crippen LogP contribution in [0.25, 0.3) is 22.4 Å². The van der Waals surface area contributed by atoms with Crippen LogP contribution in [0.4, 0.5) is 13.2 Å². The topological polar surface area (TPSA) is 74.6 Å². The second kappa shape index (κ2) is 6.69. The lowest BCUT2D eigenvalue weighted by atomic mass is 9.98. The number of nitrogens with zero attached hydrogens (tertiary/aromatic N) is 3. The first-order valence-corrected chi connectivity index (χ1v) is 7.59. The number of hydrogen-bond donors (Lipinski definition) is 1. The second-order valence-electron chi connectivity index (χ2n) is 5.26. The van der Waals surface area contributed by atoms with Crippen LogP contribution in [0.1, 0.15) is 11.3 Å². The Balaban J connectivity index is 2.23. The smallest absolute Gasteiger partial charge is 0.416 e. The first-order chi connectivity index (χ1) is 12.3. The molecule has 0 aliphatic heterocycles. The molecule has 1 aromatic heterocycles. The van der Waals surface area contributed by atoms with E-state index in [4.69, 9.17) is 21.6 Å². The number of H-pyrrole nitrogens is 1. The zero-order chi connectivity index (χ0) is 18.9. The van der Waals surface area contributed by atoms with E-state index in [1.807, 2.05) is 6.07 Å². The molecule has 0 saturated heterocycles. The summed E-state index contributed by atoms with van der Waals surface area (Å²) in [6, 6.07) is 9.77. The highest BCUT2D eigenvalue weighted by Crippen LogP contribution is 2.41. The average Bonchev–Trinajstić information content (AvgIpc) is 3.09. The fourth-order valence-electron chi connectivity index (χ4n) is 2.52. The summed E-state index contributed by atoms with van der Waals surface area (Å²) < 4.78 is 44.4. The fraction of sp³-hybridized carbons (Fsp3) is 0.118. The molecule has 0 unspecified atom stereocenters. The second-order valence-corrected chi connectivity index (χ2v) is 5.67. The maximum absolute atomic E-state index is 13.0. The number of halogens is 4. The molecule has 0 aliphatic carbocycles. The minimum absolute atomic E-state index is 0.112. The molecule has 0 radical (unpaired) electrons. The Kier molecular flexibility index (Phi) is 4.57. The number of methoxy groups -OCH3 is 1. The Morgan fingerprint density at radius 2 is 1.96 bits per heavy atom. The third-order valence-corrected chi connectivity index (χ3v) is 3.96. The molecule has 0 aliphatic rings. The van der Waals surface area contributed by atoms with Crippen molar-refractivity contribution < 1.29 is 17.9 Å². The van der Waals surface area contributed by atoms with Crippen molar-refractivity contribution in [1.82, 2.24) is 15.4 Å². The summed E-state index contributed by atoms with van der Waals surface area (Å²) >= 11 is 6.24. The summed E-state index contributed by atoms with van der Waals surface area (Å²) in [5, 5.41) is 19.1. The number of rotatable bonds is 3. The molecule has 1 N–H and O–H groups in total. The van der Waals surface area contributed by atoms with Crippen LogP contribution in [0, 0.1) is 11.3 Å². The summed E-state index contributed by atoms with van der Waals surface area (Å²) in [7, 11) is 1.37. The number of ether oxygens (including phenoxy) is 1. The highest BCUT2D eigenvalue weighted by Gasteiger charge is 2.30. The van der Waals surface area contributed by atoms with Gasteiger partial charge in [0.15, 0.2) is 5.69 Å². The van der Waals surface area contributed by atoms with E-state index in [-0.39, 0.29) is 27.7 Å². The largest absolute Gasteiger partial charge is 0.495 e. The van der Waals surface area contributed by atoms with Crippen molar-refractivity contribution in [3.8, 4) is 34.2 Å². The predicted molar refractivity (Wildman–Crippen MR) is 88.5 cm³/mol. The van der Waals surface area contributed by atoms with Crippen LogP contribution in [-0.2, 0) is 6.18 Å². The first kappa shape index (κ1) is 17.8. The molecule has 132 valence electrons. The van der Waals surface area contributed by atoms with Crippen molar-refractivity contribution in [3.05, 3.63) is 52.7 Å². The Hall–Kier alpha value is -3.05. The molecule has 3 rings (SSSR count). The number of nitrogens with one attached hydrogen (secondary N) is 1. The normalized spacial score (nSPS) is 11.2. The van der Waals surface area contributed by atoms with Gasteiger partial charge in [0.25, 0.3) is 0 Å². The molecule has 0 saturated carbocycles. The molecule has 9 heteroatoms. The van der Waals surface area contributed by atoms with E-state index in [1.54, 1.807) is 6.07 Å². The maximum atomic E-state index is 13.0. The van der Waals surface area contributed by atoms with Crippen LogP contribution in [0.15, 0.2) is 36.4 Å². The van der Waals surface area contributed by atoms with Crippen LogP contribution in [0.3, 0.4) is 0 Å². The van der Waals surface area contributed by atoms with Gasteiger partial charge < -0.3 is 4.74 Å². The van der Waals surface area contributed by atoms with Gasteiger partial charge in [-0.3, -0.25) is 0 Å².